The molecular formula is C11H17NO. The van der Waals surface area contributed by atoms with E-state index >= 15 is 0 Å². The van der Waals surface area contributed by atoms with Crippen molar-refractivity contribution >= 4 is 0 Å². The molecule has 2 heteroatoms. The third-order valence-electron chi connectivity index (χ3n) is 1.90. The van der Waals surface area contributed by atoms with E-state index in [1.807, 2.05) is 12.1 Å². The maximum Gasteiger partial charge on any atom is 0.120 e. The summed E-state index contributed by atoms with van der Waals surface area (Å²) in [5, 5.41) is 3.35. The Hall–Kier alpha value is -1.02. The molecule has 1 atom stereocenters. The minimum absolute atomic E-state index is 0.283. The molecule has 1 aromatic rings. The van der Waals surface area contributed by atoms with Gasteiger partial charge >= 0.3 is 0 Å². The van der Waals surface area contributed by atoms with Crippen LogP contribution < -0.4 is 5.32 Å². The molecule has 1 rings (SSSR count). The Balaban J connectivity index is 2.34. The van der Waals surface area contributed by atoms with Gasteiger partial charge in [-0.25, -0.2) is 0 Å². The lowest BCUT2D eigenvalue weighted by Gasteiger charge is -2.08. The number of hydrogen-bond acceptors (Lipinski definition) is 2. The highest BCUT2D eigenvalue weighted by molar-refractivity contribution is 5.04. The van der Waals surface area contributed by atoms with Crippen LogP contribution in [0.25, 0.3) is 0 Å². The average Bonchev–Trinajstić information content (AvgIpc) is 2.55. The maximum absolute atomic E-state index is 5.27. The normalized spacial score (nSPS) is 12.5. The van der Waals surface area contributed by atoms with Crippen molar-refractivity contribution in [1.29, 1.82) is 0 Å². The number of nitrogens with one attached hydrogen (secondary N) is 1. The van der Waals surface area contributed by atoms with E-state index in [0.717, 1.165) is 12.3 Å². The molecule has 13 heavy (non-hydrogen) atoms. The zero-order valence-corrected chi connectivity index (χ0v) is 8.50. The highest BCUT2D eigenvalue weighted by atomic mass is 16.3. The van der Waals surface area contributed by atoms with Gasteiger partial charge in [-0.3, -0.25) is 0 Å². The molecule has 0 aliphatic carbocycles. The van der Waals surface area contributed by atoms with Crippen molar-refractivity contribution in [2.24, 2.45) is 0 Å². The van der Waals surface area contributed by atoms with E-state index in [-0.39, 0.29) is 6.04 Å². The number of allylic oxidation sites excluding steroid dienone is 1. The van der Waals surface area contributed by atoms with Gasteiger partial charge in [0.15, 0.2) is 0 Å². The molecule has 0 aliphatic heterocycles. The van der Waals surface area contributed by atoms with Gasteiger partial charge in [-0.1, -0.05) is 11.6 Å². The highest BCUT2D eigenvalue weighted by Crippen LogP contribution is 2.11. The predicted octanol–water partition coefficient (Wildman–Crippen LogP) is 2.90. The van der Waals surface area contributed by atoms with E-state index < -0.39 is 0 Å². The van der Waals surface area contributed by atoms with E-state index in [0.29, 0.717) is 0 Å². The van der Waals surface area contributed by atoms with Gasteiger partial charge in [0.25, 0.3) is 0 Å². The summed E-state index contributed by atoms with van der Waals surface area (Å²) in [5.41, 5.74) is 1.33. The summed E-state index contributed by atoms with van der Waals surface area (Å²) in [6.45, 7) is 7.18. The van der Waals surface area contributed by atoms with Gasteiger partial charge in [-0.2, -0.15) is 0 Å². The first kappa shape index (κ1) is 10.1. The SMILES string of the molecule is CC(C)=CCN[C@@H](C)c1ccco1. The van der Waals surface area contributed by atoms with Crippen molar-refractivity contribution in [3.63, 3.8) is 0 Å². The Kier molecular flexibility index (Phi) is 3.77. The Morgan fingerprint density at radius 1 is 1.62 bits per heavy atom. The summed E-state index contributed by atoms with van der Waals surface area (Å²) in [7, 11) is 0. The van der Waals surface area contributed by atoms with Crippen LogP contribution in [0.15, 0.2) is 34.5 Å². The van der Waals surface area contributed by atoms with Gasteiger partial charge in [0.05, 0.1) is 12.3 Å². The van der Waals surface area contributed by atoms with Crippen LogP contribution in [0.1, 0.15) is 32.6 Å². The third kappa shape index (κ3) is 3.47. The van der Waals surface area contributed by atoms with Crippen molar-refractivity contribution in [2.45, 2.75) is 26.8 Å². The fraction of sp³-hybridized carbons (Fsp3) is 0.455. The van der Waals surface area contributed by atoms with Gasteiger partial charge in [-0.05, 0) is 32.9 Å². The van der Waals surface area contributed by atoms with Gasteiger partial charge in [0.1, 0.15) is 5.76 Å². The monoisotopic (exact) mass is 179 g/mol. The lowest BCUT2D eigenvalue weighted by atomic mass is 10.2. The zero-order valence-electron chi connectivity index (χ0n) is 8.50. The summed E-state index contributed by atoms with van der Waals surface area (Å²) in [6.07, 6.45) is 3.87. The first-order valence-corrected chi connectivity index (χ1v) is 4.60. The van der Waals surface area contributed by atoms with Crippen LogP contribution in [0, 0.1) is 0 Å². The Morgan fingerprint density at radius 2 is 2.38 bits per heavy atom. The van der Waals surface area contributed by atoms with Crippen LogP contribution in [-0.4, -0.2) is 6.54 Å². The molecule has 1 heterocycles. The first-order chi connectivity index (χ1) is 6.20. The largest absolute Gasteiger partial charge is 0.468 e. The molecule has 0 saturated carbocycles. The fourth-order valence-corrected chi connectivity index (χ4v) is 1.08. The summed E-state index contributed by atoms with van der Waals surface area (Å²) in [4.78, 5) is 0. The standard InChI is InChI=1S/C11H17NO/c1-9(2)6-7-12-10(3)11-5-4-8-13-11/h4-6,8,10,12H,7H2,1-3H3/t10-/m0/s1. The molecule has 0 fully saturated rings. The van der Waals surface area contributed by atoms with Gasteiger partial charge in [0.2, 0.25) is 0 Å². The van der Waals surface area contributed by atoms with Crippen LogP contribution in [0.5, 0.6) is 0 Å². The summed E-state index contributed by atoms with van der Waals surface area (Å²) in [6, 6.07) is 4.18. The lowest BCUT2D eigenvalue weighted by Crippen LogP contribution is -2.18. The molecule has 0 amide bonds. The third-order valence-corrected chi connectivity index (χ3v) is 1.90. The van der Waals surface area contributed by atoms with Crippen molar-refractivity contribution in [3.8, 4) is 0 Å². The van der Waals surface area contributed by atoms with Crippen molar-refractivity contribution in [2.75, 3.05) is 6.54 Å². The van der Waals surface area contributed by atoms with Crippen molar-refractivity contribution in [1.82, 2.24) is 5.32 Å². The molecule has 2 nitrogen and oxygen atoms in total. The van der Waals surface area contributed by atoms with Crippen LogP contribution in [0.2, 0.25) is 0 Å². The molecule has 0 unspecified atom stereocenters. The fourth-order valence-electron chi connectivity index (χ4n) is 1.08. The topological polar surface area (TPSA) is 25.2 Å². The first-order valence-electron chi connectivity index (χ1n) is 4.60. The Morgan fingerprint density at radius 3 is 2.92 bits per heavy atom. The Bertz CT molecular complexity index is 258. The quantitative estimate of drug-likeness (QED) is 0.719. The highest BCUT2D eigenvalue weighted by Gasteiger charge is 2.04. The molecule has 72 valence electrons. The maximum atomic E-state index is 5.27. The summed E-state index contributed by atoms with van der Waals surface area (Å²) in [5.74, 6) is 0.988. The number of hydrogen-bond donors (Lipinski definition) is 1. The van der Waals surface area contributed by atoms with Crippen LogP contribution >= 0.6 is 0 Å². The van der Waals surface area contributed by atoms with Gasteiger partial charge in [0, 0.05) is 6.54 Å². The second-order valence-corrected chi connectivity index (χ2v) is 3.43. The predicted molar refractivity (Wildman–Crippen MR) is 54.6 cm³/mol. The minimum atomic E-state index is 0.283. The molecule has 0 spiro atoms. The summed E-state index contributed by atoms with van der Waals surface area (Å²) >= 11 is 0. The van der Waals surface area contributed by atoms with E-state index in [1.165, 1.54) is 5.57 Å². The second kappa shape index (κ2) is 4.87. The van der Waals surface area contributed by atoms with E-state index in [4.69, 9.17) is 4.42 Å². The Labute approximate surface area is 79.6 Å². The van der Waals surface area contributed by atoms with Gasteiger partial charge < -0.3 is 9.73 Å². The molecule has 0 saturated heterocycles. The molecule has 1 aromatic heterocycles. The molecule has 0 aliphatic rings. The van der Waals surface area contributed by atoms with Crippen LogP contribution in [0.3, 0.4) is 0 Å². The van der Waals surface area contributed by atoms with E-state index in [2.05, 4.69) is 32.2 Å². The molecule has 0 radical (unpaired) electrons. The lowest BCUT2D eigenvalue weighted by molar-refractivity contribution is 0.441. The smallest absolute Gasteiger partial charge is 0.120 e. The summed E-state index contributed by atoms with van der Waals surface area (Å²) < 4.78 is 5.27. The van der Waals surface area contributed by atoms with E-state index in [9.17, 15) is 0 Å². The van der Waals surface area contributed by atoms with Crippen LogP contribution in [-0.2, 0) is 0 Å². The zero-order chi connectivity index (χ0) is 9.68. The van der Waals surface area contributed by atoms with E-state index in [1.54, 1.807) is 6.26 Å². The second-order valence-electron chi connectivity index (χ2n) is 3.43. The number of rotatable bonds is 4. The molecule has 0 bridgehead atoms. The molecule has 0 aromatic carbocycles. The minimum Gasteiger partial charge on any atom is -0.468 e. The van der Waals surface area contributed by atoms with Crippen LogP contribution in [0.4, 0.5) is 0 Å². The van der Waals surface area contributed by atoms with Crippen molar-refractivity contribution < 1.29 is 4.42 Å². The molecule has 1 N–H and O–H groups in total. The average molecular weight is 179 g/mol. The number of furan rings is 1. The molecular weight excluding hydrogens is 162 g/mol. The van der Waals surface area contributed by atoms with Crippen molar-refractivity contribution in [3.05, 3.63) is 35.8 Å². The van der Waals surface area contributed by atoms with Gasteiger partial charge in [-0.15, -0.1) is 0 Å².